The van der Waals surface area contributed by atoms with Gasteiger partial charge >= 0.3 is 0 Å². The average molecular weight is 311 g/mol. The molecule has 3 rings (SSSR count). The van der Waals surface area contributed by atoms with Gasteiger partial charge in [-0.3, -0.25) is 4.79 Å². The molecule has 5 heteroatoms. The largest absolute Gasteiger partial charge is 0.373 e. The molecule has 1 N–H and O–H groups in total. The summed E-state index contributed by atoms with van der Waals surface area (Å²) in [7, 11) is 0. The van der Waals surface area contributed by atoms with Gasteiger partial charge in [-0.25, -0.2) is 0 Å². The molecule has 1 aromatic heterocycles. The van der Waals surface area contributed by atoms with Crippen LogP contribution in [0.15, 0.2) is 48.8 Å². The van der Waals surface area contributed by atoms with Crippen LogP contribution in [0.4, 0.5) is 0 Å². The highest BCUT2D eigenvalue weighted by molar-refractivity contribution is 5.94. The second-order valence-electron chi connectivity index (χ2n) is 6.50. The number of aromatic nitrogens is 2. The van der Waals surface area contributed by atoms with E-state index >= 15 is 0 Å². The first-order valence-corrected chi connectivity index (χ1v) is 7.80. The smallest absolute Gasteiger partial charge is 0.253 e. The molecule has 2 atom stereocenters. The molecule has 0 saturated heterocycles. The summed E-state index contributed by atoms with van der Waals surface area (Å²) in [6, 6.07) is 11.9. The summed E-state index contributed by atoms with van der Waals surface area (Å²) in [6.07, 6.45) is 3.96. The zero-order chi connectivity index (χ0) is 16.3. The SMILES string of the molecule is CC1(C)[C@@H](NC(=O)c2ccnnc2)C[C@@H]1OCc1ccccc1. The fourth-order valence-corrected chi connectivity index (χ4v) is 2.85. The molecule has 1 amide bonds. The van der Waals surface area contributed by atoms with Crippen molar-refractivity contribution in [1.82, 2.24) is 15.5 Å². The molecule has 2 aromatic rings. The fraction of sp³-hybridized carbons (Fsp3) is 0.389. The van der Waals surface area contributed by atoms with Gasteiger partial charge in [0.1, 0.15) is 0 Å². The summed E-state index contributed by atoms with van der Waals surface area (Å²) >= 11 is 0. The number of amides is 1. The molecule has 23 heavy (non-hydrogen) atoms. The first-order chi connectivity index (χ1) is 11.1. The molecule has 1 aromatic carbocycles. The van der Waals surface area contributed by atoms with Crippen LogP contribution in [0.25, 0.3) is 0 Å². The van der Waals surface area contributed by atoms with E-state index in [1.807, 2.05) is 18.2 Å². The van der Waals surface area contributed by atoms with Crippen LogP contribution in [-0.4, -0.2) is 28.3 Å². The molecular formula is C18H21N3O2. The summed E-state index contributed by atoms with van der Waals surface area (Å²) in [5, 5.41) is 10.5. The number of benzene rings is 1. The highest BCUT2D eigenvalue weighted by atomic mass is 16.5. The first-order valence-electron chi connectivity index (χ1n) is 7.80. The van der Waals surface area contributed by atoms with E-state index < -0.39 is 0 Å². The first kappa shape index (κ1) is 15.6. The molecular weight excluding hydrogens is 290 g/mol. The lowest BCUT2D eigenvalue weighted by molar-refractivity contribution is -0.122. The molecule has 1 saturated carbocycles. The van der Waals surface area contributed by atoms with Crippen LogP contribution in [0, 0.1) is 5.41 Å². The summed E-state index contributed by atoms with van der Waals surface area (Å²) < 4.78 is 6.02. The van der Waals surface area contributed by atoms with Gasteiger partial charge in [-0.15, -0.1) is 0 Å². The molecule has 0 radical (unpaired) electrons. The number of carbonyl (C=O) groups excluding carboxylic acids is 1. The predicted molar refractivity (Wildman–Crippen MR) is 86.7 cm³/mol. The Labute approximate surface area is 136 Å². The van der Waals surface area contributed by atoms with Gasteiger partial charge in [0.2, 0.25) is 0 Å². The zero-order valence-corrected chi connectivity index (χ0v) is 13.4. The third-order valence-electron chi connectivity index (χ3n) is 4.62. The van der Waals surface area contributed by atoms with Crippen LogP contribution in [0.2, 0.25) is 0 Å². The zero-order valence-electron chi connectivity index (χ0n) is 13.4. The fourth-order valence-electron chi connectivity index (χ4n) is 2.85. The van der Waals surface area contributed by atoms with Gasteiger partial charge in [-0.1, -0.05) is 44.2 Å². The summed E-state index contributed by atoms with van der Waals surface area (Å²) in [4.78, 5) is 12.2. The Balaban J connectivity index is 1.53. The lowest BCUT2D eigenvalue weighted by Crippen LogP contribution is -2.62. The van der Waals surface area contributed by atoms with Crippen molar-refractivity contribution >= 4 is 5.91 Å². The van der Waals surface area contributed by atoms with Crippen molar-refractivity contribution in [1.29, 1.82) is 0 Å². The highest BCUT2D eigenvalue weighted by Crippen LogP contribution is 2.43. The van der Waals surface area contributed by atoms with Gasteiger partial charge in [0.15, 0.2) is 0 Å². The summed E-state index contributed by atoms with van der Waals surface area (Å²) in [5.41, 5.74) is 1.60. The second-order valence-corrected chi connectivity index (χ2v) is 6.50. The minimum absolute atomic E-state index is 0.0924. The Hall–Kier alpha value is -2.27. The minimum Gasteiger partial charge on any atom is -0.373 e. The van der Waals surface area contributed by atoms with Gasteiger partial charge < -0.3 is 10.1 Å². The van der Waals surface area contributed by atoms with Gasteiger partial charge in [-0.2, -0.15) is 10.2 Å². The van der Waals surface area contributed by atoms with Crippen LogP contribution < -0.4 is 5.32 Å². The standard InChI is InChI=1S/C18H21N3O2/c1-18(2)15(21-17(22)14-8-9-19-20-11-14)10-16(18)23-12-13-6-4-3-5-7-13/h3-9,11,15-16H,10,12H2,1-2H3,(H,21,22)/t15-,16-/m0/s1. The maximum Gasteiger partial charge on any atom is 0.253 e. The minimum atomic E-state index is -0.112. The molecule has 0 bridgehead atoms. The molecule has 1 aliphatic rings. The van der Waals surface area contributed by atoms with Gasteiger partial charge in [-0.05, 0) is 18.1 Å². The molecule has 120 valence electrons. The number of rotatable bonds is 5. The van der Waals surface area contributed by atoms with Crippen molar-refractivity contribution in [3.8, 4) is 0 Å². The van der Waals surface area contributed by atoms with Crippen LogP contribution >= 0.6 is 0 Å². The average Bonchev–Trinajstić information content (AvgIpc) is 2.59. The van der Waals surface area contributed by atoms with Crippen molar-refractivity contribution in [2.75, 3.05) is 0 Å². The second kappa shape index (κ2) is 6.46. The van der Waals surface area contributed by atoms with Crippen molar-refractivity contribution in [3.63, 3.8) is 0 Å². The van der Waals surface area contributed by atoms with Crippen molar-refractivity contribution in [2.24, 2.45) is 5.41 Å². The quantitative estimate of drug-likeness (QED) is 0.922. The van der Waals surface area contributed by atoms with E-state index in [2.05, 4.69) is 41.5 Å². The normalized spacial score (nSPS) is 22.2. The van der Waals surface area contributed by atoms with Gasteiger partial charge in [0.25, 0.3) is 5.91 Å². The van der Waals surface area contributed by atoms with Crippen molar-refractivity contribution in [3.05, 3.63) is 59.9 Å². The monoisotopic (exact) mass is 311 g/mol. The van der Waals surface area contributed by atoms with Crippen LogP contribution in [0.1, 0.15) is 36.2 Å². The number of ether oxygens (including phenoxy) is 1. The summed E-state index contributed by atoms with van der Waals surface area (Å²) in [6.45, 7) is 4.85. The number of hydrogen-bond acceptors (Lipinski definition) is 4. The van der Waals surface area contributed by atoms with Crippen LogP contribution in [0.3, 0.4) is 0 Å². The lowest BCUT2D eigenvalue weighted by atomic mass is 9.64. The number of carbonyl (C=O) groups is 1. The van der Waals surface area contributed by atoms with Crippen molar-refractivity contribution in [2.45, 2.75) is 39.0 Å². The van der Waals surface area contributed by atoms with E-state index in [1.54, 1.807) is 6.07 Å². The predicted octanol–water partition coefficient (Wildman–Crippen LogP) is 2.59. The Bertz CT molecular complexity index is 658. The number of hydrogen-bond donors (Lipinski definition) is 1. The molecule has 0 unspecified atom stereocenters. The molecule has 1 aliphatic carbocycles. The highest BCUT2D eigenvalue weighted by Gasteiger charge is 2.49. The van der Waals surface area contributed by atoms with E-state index in [4.69, 9.17) is 4.74 Å². The van der Waals surface area contributed by atoms with E-state index in [9.17, 15) is 4.79 Å². The molecule has 5 nitrogen and oxygen atoms in total. The lowest BCUT2D eigenvalue weighted by Gasteiger charge is -2.51. The molecule has 1 heterocycles. The van der Waals surface area contributed by atoms with Crippen LogP contribution in [0.5, 0.6) is 0 Å². The van der Waals surface area contributed by atoms with Crippen LogP contribution in [-0.2, 0) is 11.3 Å². The number of nitrogens with one attached hydrogen (secondary N) is 1. The maximum absolute atomic E-state index is 12.2. The number of nitrogens with zero attached hydrogens (tertiary/aromatic N) is 2. The molecule has 1 fully saturated rings. The Morgan fingerprint density at radius 2 is 2.04 bits per heavy atom. The summed E-state index contributed by atoms with van der Waals surface area (Å²) in [5.74, 6) is -0.112. The van der Waals surface area contributed by atoms with E-state index in [0.29, 0.717) is 12.2 Å². The Morgan fingerprint density at radius 3 is 2.70 bits per heavy atom. The Kier molecular flexibility index (Phi) is 4.39. The van der Waals surface area contributed by atoms with Gasteiger partial charge in [0, 0.05) is 11.5 Å². The molecule has 0 spiro atoms. The van der Waals surface area contributed by atoms with E-state index in [0.717, 1.165) is 6.42 Å². The third-order valence-corrected chi connectivity index (χ3v) is 4.62. The topological polar surface area (TPSA) is 64.1 Å². The van der Waals surface area contributed by atoms with Gasteiger partial charge in [0.05, 0.1) is 30.7 Å². The van der Waals surface area contributed by atoms with E-state index in [-0.39, 0.29) is 23.5 Å². The molecule has 0 aliphatic heterocycles. The van der Waals surface area contributed by atoms with Crippen molar-refractivity contribution < 1.29 is 9.53 Å². The maximum atomic E-state index is 12.2. The van der Waals surface area contributed by atoms with E-state index in [1.165, 1.54) is 18.0 Å². The third kappa shape index (κ3) is 3.40. The Morgan fingerprint density at radius 1 is 1.26 bits per heavy atom.